The zero-order valence-corrected chi connectivity index (χ0v) is 19.5. The van der Waals surface area contributed by atoms with E-state index in [1.807, 2.05) is 6.20 Å². The molecule has 0 unspecified atom stereocenters. The molecular weight excluding hydrogens is 378 g/mol. The van der Waals surface area contributed by atoms with E-state index >= 15 is 0 Å². The van der Waals surface area contributed by atoms with Crippen LogP contribution in [0.1, 0.15) is 44.4 Å². The van der Waals surface area contributed by atoms with Gasteiger partial charge in [0.1, 0.15) is 5.52 Å². The van der Waals surface area contributed by atoms with Gasteiger partial charge < -0.3 is 0 Å². The molecule has 0 atom stereocenters. The summed E-state index contributed by atoms with van der Waals surface area (Å²) in [7, 11) is 2.20. The molecule has 3 heteroatoms. The van der Waals surface area contributed by atoms with E-state index in [1.165, 1.54) is 49.7 Å². The fourth-order valence-corrected chi connectivity index (χ4v) is 5.21. The van der Waals surface area contributed by atoms with E-state index in [1.54, 1.807) is 0 Å². The van der Waals surface area contributed by atoms with Crippen LogP contribution in [0.3, 0.4) is 0 Å². The number of aryl methyl sites for hydroxylation is 2. The average molecular weight is 411 g/mol. The van der Waals surface area contributed by atoms with Crippen molar-refractivity contribution >= 4 is 38.5 Å². The first-order chi connectivity index (χ1) is 14.9. The van der Waals surface area contributed by atoms with Gasteiger partial charge in [0.25, 0.3) is 5.65 Å². The maximum absolute atomic E-state index is 4.93. The molecule has 158 valence electrons. The number of fused-ring (bicyclic) bond motifs is 8. The van der Waals surface area contributed by atoms with Crippen molar-refractivity contribution in [3.63, 3.8) is 0 Å². The van der Waals surface area contributed by atoms with Crippen LogP contribution in [-0.4, -0.2) is 9.55 Å². The third-order valence-corrected chi connectivity index (χ3v) is 6.43. The van der Waals surface area contributed by atoms with Crippen LogP contribution in [0.15, 0.2) is 48.7 Å². The second-order valence-electron chi connectivity index (χ2n) is 9.90. The summed E-state index contributed by atoms with van der Waals surface area (Å²) in [6.45, 7) is 11.4. The highest BCUT2D eigenvalue weighted by atomic mass is 15.1. The molecule has 5 rings (SSSR count). The third kappa shape index (κ3) is 3.10. The zero-order chi connectivity index (χ0) is 21.9. The summed E-state index contributed by atoms with van der Waals surface area (Å²) in [6.07, 6.45) is 4.11. The van der Waals surface area contributed by atoms with E-state index in [0.29, 0.717) is 11.8 Å². The highest BCUT2D eigenvalue weighted by Crippen LogP contribution is 2.33. The van der Waals surface area contributed by atoms with Crippen LogP contribution in [0.4, 0.5) is 0 Å². The summed E-state index contributed by atoms with van der Waals surface area (Å²) >= 11 is 0. The molecule has 0 spiro atoms. The molecule has 0 saturated carbocycles. The molecular formula is C28H32N3+. The van der Waals surface area contributed by atoms with Gasteiger partial charge in [-0.25, -0.2) is 4.57 Å². The van der Waals surface area contributed by atoms with Crippen molar-refractivity contribution in [1.29, 1.82) is 0 Å². The predicted octanol–water partition coefficient (Wildman–Crippen LogP) is 6.32. The van der Waals surface area contributed by atoms with E-state index in [2.05, 4.69) is 93.1 Å². The molecule has 0 bridgehead atoms. The molecule has 0 aliphatic rings. The zero-order valence-electron chi connectivity index (χ0n) is 19.5. The largest absolute Gasteiger partial charge is 0.297 e. The molecule has 0 N–H and O–H groups in total. The third-order valence-electron chi connectivity index (χ3n) is 6.43. The van der Waals surface area contributed by atoms with Gasteiger partial charge in [-0.05, 0) is 72.6 Å². The van der Waals surface area contributed by atoms with Crippen molar-refractivity contribution in [3.05, 3.63) is 65.4 Å². The summed E-state index contributed by atoms with van der Waals surface area (Å²) in [5.74, 6) is 1.24. The van der Waals surface area contributed by atoms with Gasteiger partial charge in [0, 0.05) is 6.20 Å². The molecule has 31 heavy (non-hydrogen) atoms. The molecule has 5 aromatic rings. The number of imidazole rings is 1. The maximum Gasteiger partial charge on any atom is 0.297 e. The Morgan fingerprint density at radius 1 is 0.903 bits per heavy atom. The van der Waals surface area contributed by atoms with Crippen LogP contribution >= 0.6 is 0 Å². The summed E-state index contributed by atoms with van der Waals surface area (Å²) in [5.41, 5.74) is 10.2. The fraction of sp³-hybridized carbons (Fsp3) is 0.357. The summed E-state index contributed by atoms with van der Waals surface area (Å²) in [5, 5.41) is 2.56. The van der Waals surface area contributed by atoms with Crippen LogP contribution in [0.2, 0.25) is 0 Å². The van der Waals surface area contributed by atoms with Gasteiger partial charge in [-0.2, -0.15) is 4.40 Å². The SMILES string of the molecule is Cc1ccnc2c3c(CC(C)C)cccc3[n+]3c4ccc(CC(C)C)cc4n(C)c3c12. The van der Waals surface area contributed by atoms with Gasteiger partial charge >= 0.3 is 0 Å². The molecule has 0 amide bonds. The van der Waals surface area contributed by atoms with Crippen molar-refractivity contribution in [1.82, 2.24) is 9.55 Å². The Labute approximate surface area is 184 Å². The number of hydrogen-bond donors (Lipinski definition) is 0. The first kappa shape index (κ1) is 20.0. The van der Waals surface area contributed by atoms with E-state index in [9.17, 15) is 0 Å². The highest BCUT2D eigenvalue weighted by Gasteiger charge is 2.26. The smallest absolute Gasteiger partial charge is 0.255 e. The van der Waals surface area contributed by atoms with E-state index < -0.39 is 0 Å². The van der Waals surface area contributed by atoms with Crippen LogP contribution in [-0.2, 0) is 19.9 Å². The van der Waals surface area contributed by atoms with Gasteiger partial charge in [-0.3, -0.25) is 4.98 Å². The lowest BCUT2D eigenvalue weighted by molar-refractivity contribution is -0.449. The number of pyridine rings is 2. The molecule has 0 aliphatic heterocycles. The molecule has 3 aromatic heterocycles. The van der Waals surface area contributed by atoms with Gasteiger partial charge in [0.2, 0.25) is 0 Å². The number of aromatic nitrogens is 3. The van der Waals surface area contributed by atoms with Crippen molar-refractivity contribution < 1.29 is 4.40 Å². The molecule has 2 aromatic carbocycles. The summed E-state index contributed by atoms with van der Waals surface area (Å²) < 4.78 is 4.83. The molecule has 0 radical (unpaired) electrons. The van der Waals surface area contributed by atoms with Crippen LogP contribution < -0.4 is 4.40 Å². The van der Waals surface area contributed by atoms with Crippen LogP contribution in [0.5, 0.6) is 0 Å². The number of benzene rings is 2. The Hall–Kier alpha value is -2.94. The number of nitrogens with zero attached hydrogens (tertiary/aromatic N) is 3. The predicted molar refractivity (Wildman–Crippen MR) is 131 cm³/mol. The topological polar surface area (TPSA) is 21.9 Å². The second kappa shape index (κ2) is 7.33. The minimum Gasteiger partial charge on any atom is -0.255 e. The van der Waals surface area contributed by atoms with Gasteiger partial charge in [-0.1, -0.05) is 45.9 Å². The Morgan fingerprint density at radius 3 is 2.42 bits per heavy atom. The standard InChI is InChI=1S/C28H32N3/c1-17(2)14-20-10-11-22-24(16-20)30(6)28-25-19(5)12-13-29-27(25)26-21(15-18(3)4)8-7-9-23(26)31(22)28/h7-13,16-18H,14-15H2,1-6H3/q+1. The lowest BCUT2D eigenvalue weighted by Crippen LogP contribution is -2.23. The first-order valence-electron chi connectivity index (χ1n) is 11.5. The first-order valence-corrected chi connectivity index (χ1v) is 11.5. The average Bonchev–Trinajstić information content (AvgIpc) is 3.00. The fourth-order valence-electron chi connectivity index (χ4n) is 5.21. The maximum atomic E-state index is 4.93. The quantitative estimate of drug-likeness (QED) is 0.251. The molecule has 0 fully saturated rings. The normalized spacial score (nSPS) is 12.4. The Bertz CT molecular complexity index is 1450. The monoisotopic (exact) mass is 410 g/mol. The summed E-state index contributed by atoms with van der Waals surface area (Å²) in [4.78, 5) is 4.93. The van der Waals surface area contributed by atoms with Gasteiger partial charge in [-0.15, -0.1) is 0 Å². The van der Waals surface area contributed by atoms with Crippen molar-refractivity contribution in [2.24, 2.45) is 18.9 Å². The second-order valence-corrected chi connectivity index (χ2v) is 9.90. The Balaban J connectivity index is 2.02. The molecule has 0 aliphatic carbocycles. The number of rotatable bonds is 4. The number of hydrogen-bond acceptors (Lipinski definition) is 1. The van der Waals surface area contributed by atoms with Crippen molar-refractivity contribution in [3.8, 4) is 0 Å². The minimum absolute atomic E-state index is 0.595. The van der Waals surface area contributed by atoms with E-state index in [0.717, 1.165) is 18.4 Å². The molecule has 3 nitrogen and oxygen atoms in total. The van der Waals surface area contributed by atoms with Gasteiger partial charge in [0.15, 0.2) is 11.0 Å². The van der Waals surface area contributed by atoms with Crippen LogP contribution in [0.25, 0.3) is 38.5 Å². The van der Waals surface area contributed by atoms with E-state index in [-0.39, 0.29) is 0 Å². The Kier molecular flexibility index (Phi) is 4.73. The Morgan fingerprint density at radius 2 is 1.68 bits per heavy atom. The molecule has 3 heterocycles. The lowest BCUT2D eigenvalue weighted by Gasteiger charge is -2.12. The van der Waals surface area contributed by atoms with Gasteiger partial charge in [0.05, 0.1) is 23.3 Å². The van der Waals surface area contributed by atoms with Crippen molar-refractivity contribution in [2.45, 2.75) is 47.5 Å². The van der Waals surface area contributed by atoms with Crippen molar-refractivity contribution in [2.75, 3.05) is 0 Å². The molecule has 0 saturated heterocycles. The lowest BCUT2D eigenvalue weighted by atomic mass is 9.96. The van der Waals surface area contributed by atoms with Crippen LogP contribution in [0, 0.1) is 18.8 Å². The highest BCUT2D eigenvalue weighted by molar-refractivity contribution is 6.10. The minimum atomic E-state index is 0.595. The van der Waals surface area contributed by atoms with E-state index in [4.69, 9.17) is 4.98 Å². The summed E-state index contributed by atoms with van der Waals surface area (Å²) in [6, 6.07) is 15.9.